The number of ether oxygens (including phenoxy) is 1. The number of carbonyl (C=O) groups excluding carboxylic acids is 1. The Morgan fingerprint density at radius 2 is 1.85 bits per heavy atom. The van der Waals surface area contributed by atoms with Gasteiger partial charge in [-0.3, -0.25) is 24.0 Å². The highest BCUT2D eigenvalue weighted by atomic mass is 19.1. The van der Waals surface area contributed by atoms with Crippen molar-refractivity contribution in [2.24, 2.45) is 0 Å². The molecule has 5 rings (SSSR count). The molecule has 10 heteroatoms. The summed E-state index contributed by atoms with van der Waals surface area (Å²) in [5, 5.41) is 12.8. The van der Waals surface area contributed by atoms with Crippen molar-refractivity contribution >= 4 is 16.9 Å². The second-order valence-electron chi connectivity index (χ2n) is 10.2. The second kappa shape index (κ2) is 11.3. The van der Waals surface area contributed by atoms with E-state index < -0.39 is 17.0 Å². The van der Waals surface area contributed by atoms with Crippen LogP contribution in [0.2, 0.25) is 0 Å². The summed E-state index contributed by atoms with van der Waals surface area (Å²) in [6.45, 7) is 7.26. The minimum absolute atomic E-state index is 0.0742. The summed E-state index contributed by atoms with van der Waals surface area (Å²) in [5.74, 6) is -0.975. The smallest absolute Gasteiger partial charge is 0.265 e. The van der Waals surface area contributed by atoms with Crippen LogP contribution in [0, 0.1) is 17.1 Å². The average molecular weight is 541 g/mol. The normalized spacial score (nSPS) is 14.2. The number of hydrogen-bond donors (Lipinski definition) is 1. The van der Waals surface area contributed by atoms with Gasteiger partial charge in [-0.25, -0.2) is 9.37 Å². The average Bonchev–Trinajstić information content (AvgIpc) is 2.96. The molecule has 1 fully saturated rings. The van der Waals surface area contributed by atoms with Crippen LogP contribution in [0.4, 0.5) is 4.39 Å². The Kier molecular flexibility index (Phi) is 7.69. The van der Waals surface area contributed by atoms with Gasteiger partial charge in [0, 0.05) is 49.5 Å². The summed E-state index contributed by atoms with van der Waals surface area (Å²) >= 11 is 0. The molecule has 4 aromatic rings. The van der Waals surface area contributed by atoms with E-state index in [-0.39, 0.29) is 11.4 Å². The van der Waals surface area contributed by atoms with E-state index in [1.807, 2.05) is 12.1 Å². The van der Waals surface area contributed by atoms with Crippen molar-refractivity contribution in [3.8, 4) is 17.3 Å². The lowest BCUT2D eigenvalue weighted by Crippen LogP contribution is -2.45. The van der Waals surface area contributed by atoms with Gasteiger partial charge < -0.3 is 10.1 Å². The van der Waals surface area contributed by atoms with Crippen LogP contribution in [-0.4, -0.2) is 58.2 Å². The molecule has 0 atom stereocenters. The maximum atomic E-state index is 14.2. The molecule has 0 unspecified atom stereocenters. The van der Waals surface area contributed by atoms with Gasteiger partial charge in [-0.15, -0.1) is 0 Å². The molecule has 1 saturated heterocycles. The molecular weight excluding hydrogens is 511 g/mol. The summed E-state index contributed by atoms with van der Waals surface area (Å²) in [5.41, 5.74) is 0.699. The third-order valence-corrected chi connectivity index (χ3v) is 7.13. The monoisotopic (exact) mass is 540 g/mol. The second-order valence-corrected chi connectivity index (χ2v) is 10.2. The van der Waals surface area contributed by atoms with Gasteiger partial charge in [-0.05, 0) is 55.8 Å². The Morgan fingerprint density at radius 1 is 1.10 bits per heavy atom. The van der Waals surface area contributed by atoms with E-state index in [0.29, 0.717) is 59.7 Å². The van der Waals surface area contributed by atoms with Crippen LogP contribution < -0.4 is 10.9 Å². The van der Waals surface area contributed by atoms with Crippen molar-refractivity contribution in [2.45, 2.75) is 25.9 Å². The fourth-order valence-corrected chi connectivity index (χ4v) is 4.92. The van der Waals surface area contributed by atoms with E-state index in [1.165, 1.54) is 22.9 Å². The van der Waals surface area contributed by atoms with E-state index in [9.17, 15) is 19.2 Å². The molecule has 1 aromatic carbocycles. The van der Waals surface area contributed by atoms with Crippen LogP contribution in [0.25, 0.3) is 22.3 Å². The van der Waals surface area contributed by atoms with Gasteiger partial charge in [-0.1, -0.05) is 12.1 Å². The number of rotatable bonds is 7. The number of nitrogens with one attached hydrogen (secondary N) is 1. The van der Waals surface area contributed by atoms with E-state index in [1.54, 1.807) is 50.4 Å². The molecule has 0 spiro atoms. The maximum Gasteiger partial charge on any atom is 0.265 e. The third-order valence-electron chi connectivity index (χ3n) is 7.13. The van der Waals surface area contributed by atoms with Crippen molar-refractivity contribution < 1.29 is 13.9 Å². The first kappa shape index (κ1) is 27.1. The minimum Gasteiger partial charge on any atom is -0.379 e. The number of benzene rings is 1. The number of amides is 1. The Bertz CT molecular complexity index is 1640. The van der Waals surface area contributed by atoms with E-state index >= 15 is 0 Å². The zero-order valence-corrected chi connectivity index (χ0v) is 22.4. The number of morpholine rings is 1. The fraction of sp³-hybridized carbons (Fsp3) is 0.300. The van der Waals surface area contributed by atoms with Crippen molar-refractivity contribution in [3.05, 3.63) is 93.8 Å². The van der Waals surface area contributed by atoms with Crippen molar-refractivity contribution in [1.29, 1.82) is 5.26 Å². The molecule has 3 aromatic heterocycles. The topological polar surface area (TPSA) is 113 Å². The first-order chi connectivity index (χ1) is 19.3. The highest BCUT2D eigenvalue weighted by molar-refractivity contribution is 6.07. The number of carbonyl (C=O) groups is 1. The molecule has 1 aliphatic rings. The van der Waals surface area contributed by atoms with Gasteiger partial charge in [0.1, 0.15) is 23.1 Å². The molecule has 0 saturated carbocycles. The highest BCUT2D eigenvalue weighted by Gasteiger charge is 2.30. The number of halogens is 1. The van der Waals surface area contributed by atoms with Gasteiger partial charge in [0.2, 0.25) is 0 Å². The summed E-state index contributed by atoms with van der Waals surface area (Å²) < 4.78 is 20.6. The van der Waals surface area contributed by atoms with Gasteiger partial charge in [0.25, 0.3) is 11.5 Å². The quantitative estimate of drug-likeness (QED) is 0.382. The summed E-state index contributed by atoms with van der Waals surface area (Å²) in [7, 11) is 0. The lowest BCUT2D eigenvalue weighted by Gasteiger charge is -2.28. The molecular formula is C30H29FN6O3. The zero-order valence-electron chi connectivity index (χ0n) is 22.4. The van der Waals surface area contributed by atoms with Crippen molar-refractivity contribution in [1.82, 2.24) is 24.8 Å². The molecule has 1 N–H and O–H groups in total. The van der Waals surface area contributed by atoms with Gasteiger partial charge in [0.05, 0.1) is 30.0 Å². The molecule has 0 aliphatic carbocycles. The van der Waals surface area contributed by atoms with Crippen LogP contribution in [0.5, 0.6) is 0 Å². The predicted octanol–water partition coefficient (Wildman–Crippen LogP) is 3.47. The van der Waals surface area contributed by atoms with Crippen molar-refractivity contribution in [2.75, 3.05) is 32.8 Å². The molecule has 0 radical (unpaired) electrons. The first-order valence-electron chi connectivity index (χ1n) is 13.0. The number of nitrogens with zero attached hydrogens (tertiary/aromatic N) is 5. The van der Waals surface area contributed by atoms with E-state index in [4.69, 9.17) is 4.74 Å². The van der Waals surface area contributed by atoms with Crippen LogP contribution in [0.15, 0.2) is 65.7 Å². The van der Waals surface area contributed by atoms with Crippen LogP contribution in [0.1, 0.15) is 35.3 Å². The van der Waals surface area contributed by atoms with Crippen LogP contribution in [0.3, 0.4) is 0 Å². The number of aromatic nitrogens is 3. The number of fused-ring (bicyclic) bond motifs is 1. The summed E-state index contributed by atoms with van der Waals surface area (Å²) in [4.78, 5) is 39.3. The molecule has 0 bridgehead atoms. The summed E-state index contributed by atoms with van der Waals surface area (Å²) in [6, 6.07) is 14.7. The fourth-order valence-electron chi connectivity index (χ4n) is 4.92. The lowest BCUT2D eigenvalue weighted by molar-refractivity contribution is 0.0364. The SMILES string of the molecule is CC(C)(NC(=O)c1c(-c2ccc(C#N)cn2)c2cccnc2n(CCN2CCOCC2)c1=O)c1ccc(F)cc1. The van der Waals surface area contributed by atoms with Gasteiger partial charge in [0.15, 0.2) is 0 Å². The van der Waals surface area contributed by atoms with Gasteiger partial charge in [-0.2, -0.15) is 5.26 Å². The molecule has 9 nitrogen and oxygen atoms in total. The largest absolute Gasteiger partial charge is 0.379 e. The molecule has 40 heavy (non-hydrogen) atoms. The minimum atomic E-state index is -0.922. The Labute approximate surface area is 230 Å². The molecule has 4 heterocycles. The maximum absolute atomic E-state index is 14.2. The Hall–Kier alpha value is -4.46. The number of pyridine rings is 3. The molecule has 204 valence electrons. The van der Waals surface area contributed by atoms with E-state index in [0.717, 1.165) is 13.1 Å². The predicted molar refractivity (Wildman–Crippen MR) is 148 cm³/mol. The molecule has 1 aliphatic heterocycles. The van der Waals surface area contributed by atoms with Crippen LogP contribution >= 0.6 is 0 Å². The zero-order chi connectivity index (χ0) is 28.3. The number of hydrogen-bond acceptors (Lipinski definition) is 7. The van der Waals surface area contributed by atoms with Crippen molar-refractivity contribution in [3.63, 3.8) is 0 Å². The lowest BCUT2D eigenvalue weighted by atomic mass is 9.93. The highest BCUT2D eigenvalue weighted by Crippen LogP contribution is 2.30. The standard InChI is InChI=1S/C30H29FN6O3/c1-30(2,21-6-8-22(31)9-7-21)35-28(38)26-25(24-10-5-20(18-32)19-34-24)23-4-3-11-33-27(23)37(29(26)39)13-12-36-14-16-40-17-15-36/h3-11,19H,12-17H2,1-2H3,(H,35,38). The summed E-state index contributed by atoms with van der Waals surface area (Å²) in [6.07, 6.45) is 3.02. The Balaban J connectivity index is 1.65. The molecule has 1 amide bonds. The number of nitriles is 1. The Morgan fingerprint density at radius 3 is 2.52 bits per heavy atom. The van der Waals surface area contributed by atoms with Gasteiger partial charge >= 0.3 is 0 Å². The van der Waals surface area contributed by atoms with Crippen LogP contribution in [-0.2, 0) is 16.8 Å². The first-order valence-corrected chi connectivity index (χ1v) is 13.0. The van der Waals surface area contributed by atoms with E-state index in [2.05, 4.69) is 20.2 Å². The third kappa shape index (κ3) is 5.47.